The van der Waals surface area contributed by atoms with E-state index in [-0.39, 0.29) is 0 Å². The van der Waals surface area contributed by atoms with E-state index in [0.29, 0.717) is 11.3 Å². The molecule has 2 aliphatic carbocycles. The standard InChI is InChI=1S/C34H50/c1-5-7-9-11-13-15-21-34(22-16-14-12-10-8-6-2)24-31-27(4)18-20-29-28-19-17-26(3)23-30(28)32(25-34)33(29)31/h17-20,23,32H,5-16,21-22,24-25H2,1-4H3. The maximum atomic E-state index is 2.52. The van der Waals surface area contributed by atoms with Crippen LogP contribution in [0.15, 0.2) is 30.3 Å². The lowest BCUT2D eigenvalue weighted by Gasteiger charge is -2.43. The molecule has 4 rings (SSSR count). The molecule has 2 aromatic carbocycles. The van der Waals surface area contributed by atoms with E-state index in [1.165, 1.54) is 114 Å². The summed E-state index contributed by atoms with van der Waals surface area (Å²) in [5.74, 6) is 0.633. The van der Waals surface area contributed by atoms with Crippen LogP contribution in [0.2, 0.25) is 0 Å². The molecule has 1 atom stereocenters. The van der Waals surface area contributed by atoms with Gasteiger partial charge in [0.1, 0.15) is 0 Å². The lowest BCUT2D eigenvalue weighted by atomic mass is 9.62. The molecule has 0 heterocycles. The Morgan fingerprint density at radius 3 is 1.94 bits per heavy atom. The minimum Gasteiger partial charge on any atom is -0.0654 e. The first-order chi connectivity index (χ1) is 16.6. The Balaban J connectivity index is 1.56. The van der Waals surface area contributed by atoms with Crippen LogP contribution in [0, 0.1) is 19.3 Å². The summed E-state index contributed by atoms with van der Waals surface area (Å²) in [6.07, 6.45) is 22.6. The van der Waals surface area contributed by atoms with Gasteiger partial charge in [-0.25, -0.2) is 0 Å². The summed E-state index contributed by atoms with van der Waals surface area (Å²) in [5.41, 5.74) is 11.6. The van der Waals surface area contributed by atoms with Gasteiger partial charge in [0, 0.05) is 5.92 Å². The zero-order valence-corrected chi connectivity index (χ0v) is 22.8. The van der Waals surface area contributed by atoms with Crippen LogP contribution in [0.3, 0.4) is 0 Å². The van der Waals surface area contributed by atoms with E-state index in [2.05, 4.69) is 58.0 Å². The molecule has 0 saturated carbocycles. The molecule has 0 N–H and O–H groups in total. The van der Waals surface area contributed by atoms with Crippen LogP contribution in [-0.2, 0) is 6.42 Å². The van der Waals surface area contributed by atoms with Crippen LogP contribution in [-0.4, -0.2) is 0 Å². The summed E-state index contributed by atoms with van der Waals surface area (Å²) >= 11 is 0. The number of benzene rings is 2. The first-order valence-electron chi connectivity index (χ1n) is 14.8. The summed E-state index contributed by atoms with van der Waals surface area (Å²) in [6.45, 7) is 9.31. The Hall–Kier alpha value is -1.56. The van der Waals surface area contributed by atoms with E-state index in [4.69, 9.17) is 0 Å². The minimum atomic E-state index is 0.502. The fourth-order valence-corrected chi connectivity index (χ4v) is 7.17. The van der Waals surface area contributed by atoms with E-state index in [9.17, 15) is 0 Å². The highest BCUT2D eigenvalue weighted by Crippen LogP contribution is 2.58. The highest BCUT2D eigenvalue weighted by Gasteiger charge is 2.43. The number of aryl methyl sites for hydroxylation is 2. The van der Waals surface area contributed by atoms with Crippen LogP contribution in [0.1, 0.15) is 144 Å². The topological polar surface area (TPSA) is 0 Å². The quantitative estimate of drug-likeness (QED) is 0.247. The molecule has 0 radical (unpaired) electrons. The van der Waals surface area contributed by atoms with Crippen LogP contribution in [0.25, 0.3) is 11.1 Å². The Labute approximate surface area is 211 Å². The van der Waals surface area contributed by atoms with Gasteiger partial charge in [-0.05, 0) is 78.3 Å². The summed E-state index contributed by atoms with van der Waals surface area (Å²) < 4.78 is 0. The zero-order valence-electron chi connectivity index (χ0n) is 22.8. The zero-order chi connectivity index (χ0) is 24.0. The molecule has 186 valence electrons. The monoisotopic (exact) mass is 458 g/mol. The lowest BCUT2D eigenvalue weighted by molar-refractivity contribution is 0.180. The van der Waals surface area contributed by atoms with Crippen molar-refractivity contribution in [3.63, 3.8) is 0 Å². The van der Waals surface area contributed by atoms with Gasteiger partial charge in [-0.1, -0.05) is 127 Å². The third-order valence-electron chi connectivity index (χ3n) is 9.12. The van der Waals surface area contributed by atoms with Gasteiger partial charge in [-0.3, -0.25) is 0 Å². The van der Waals surface area contributed by atoms with E-state index in [0.717, 1.165) is 0 Å². The van der Waals surface area contributed by atoms with Gasteiger partial charge in [-0.2, -0.15) is 0 Å². The smallest absolute Gasteiger partial charge is 0.0110 e. The normalized spacial score (nSPS) is 17.6. The Morgan fingerprint density at radius 1 is 0.706 bits per heavy atom. The van der Waals surface area contributed by atoms with Crippen molar-refractivity contribution in [1.29, 1.82) is 0 Å². The van der Waals surface area contributed by atoms with Crippen molar-refractivity contribution >= 4 is 0 Å². The molecule has 2 aromatic rings. The molecule has 0 saturated heterocycles. The largest absolute Gasteiger partial charge is 0.0654 e. The molecular formula is C34H50. The van der Waals surface area contributed by atoms with Gasteiger partial charge in [0.05, 0.1) is 0 Å². The van der Waals surface area contributed by atoms with Crippen LogP contribution < -0.4 is 0 Å². The van der Waals surface area contributed by atoms with Crippen molar-refractivity contribution in [3.8, 4) is 11.1 Å². The van der Waals surface area contributed by atoms with Crippen molar-refractivity contribution in [3.05, 3.63) is 58.1 Å². The average Bonchev–Trinajstić information content (AvgIpc) is 3.14. The third kappa shape index (κ3) is 5.63. The lowest BCUT2D eigenvalue weighted by Crippen LogP contribution is -2.32. The van der Waals surface area contributed by atoms with Gasteiger partial charge in [0.15, 0.2) is 0 Å². The predicted octanol–water partition coefficient (Wildman–Crippen LogP) is 10.8. The molecule has 0 bridgehead atoms. The fraction of sp³-hybridized carbons (Fsp3) is 0.647. The van der Waals surface area contributed by atoms with Crippen LogP contribution in [0.5, 0.6) is 0 Å². The van der Waals surface area contributed by atoms with Crippen molar-refractivity contribution in [2.24, 2.45) is 5.41 Å². The maximum Gasteiger partial charge on any atom is 0.0110 e. The average molecular weight is 459 g/mol. The number of hydrogen-bond donors (Lipinski definition) is 0. The van der Waals surface area contributed by atoms with Gasteiger partial charge in [-0.15, -0.1) is 0 Å². The van der Waals surface area contributed by atoms with Gasteiger partial charge in [0.2, 0.25) is 0 Å². The molecule has 0 spiro atoms. The van der Waals surface area contributed by atoms with E-state index >= 15 is 0 Å². The molecule has 0 heteroatoms. The summed E-state index contributed by atoms with van der Waals surface area (Å²) in [6, 6.07) is 12.1. The predicted molar refractivity (Wildman–Crippen MR) is 150 cm³/mol. The van der Waals surface area contributed by atoms with Gasteiger partial charge < -0.3 is 0 Å². The molecule has 1 unspecified atom stereocenters. The minimum absolute atomic E-state index is 0.502. The summed E-state index contributed by atoms with van der Waals surface area (Å²) in [7, 11) is 0. The molecule has 2 aliphatic rings. The second-order valence-corrected chi connectivity index (χ2v) is 11.9. The van der Waals surface area contributed by atoms with Crippen molar-refractivity contribution in [2.75, 3.05) is 0 Å². The molecule has 34 heavy (non-hydrogen) atoms. The van der Waals surface area contributed by atoms with E-state index in [1.54, 1.807) is 27.8 Å². The summed E-state index contributed by atoms with van der Waals surface area (Å²) in [5, 5.41) is 0. The first kappa shape index (κ1) is 25.5. The van der Waals surface area contributed by atoms with Crippen molar-refractivity contribution in [2.45, 2.75) is 136 Å². The maximum absolute atomic E-state index is 2.52. The van der Waals surface area contributed by atoms with Crippen LogP contribution in [0.4, 0.5) is 0 Å². The second-order valence-electron chi connectivity index (χ2n) is 11.9. The van der Waals surface area contributed by atoms with Gasteiger partial charge in [0.25, 0.3) is 0 Å². The van der Waals surface area contributed by atoms with Crippen LogP contribution >= 0.6 is 0 Å². The van der Waals surface area contributed by atoms with Crippen molar-refractivity contribution in [1.82, 2.24) is 0 Å². The number of hydrogen-bond acceptors (Lipinski definition) is 0. The molecule has 0 nitrogen and oxygen atoms in total. The number of fused-ring (bicyclic) bond motifs is 3. The molecule has 0 amide bonds. The van der Waals surface area contributed by atoms with E-state index < -0.39 is 0 Å². The Bertz CT molecular complexity index is 917. The van der Waals surface area contributed by atoms with Gasteiger partial charge >= 0.3 is 0 Å². The van der Waals surface area contributed by atoms with Crippen molar-refractivity contribution < 1.29 is 0 Å². The van der Waals surface area contributed by atoms with E-state index in [1.807, 2.05) is 0 Å². The molecule has 0 fully saturated rings. The second kappa shape index (κ2) is 11.9. The highest BCUT2D eigenvalue weighted by molar-refractivity contribution is 5.81. The highest BCUT2D eigenvalue weighted by atomic mass is 14.5. The first-order valence-corrected chi connectivity index (χ1v) is 14.8. The fourth-order valence-electron chi connectivity index (χ4n) is 7.17. The Kier molecular flexibility index (Phi) is 8.95. The molecule has 0 aliphatic heterocycles. The Morgan fingerprint density at radius 2 is 1.29 bits per heavy atom. The number of unbranched alkanes of at least 4 members (excludes halogenated alkanes) is 10. The number of rotatable bonds is 14. The molecule has 0 aromatic heterocycles. The molecular weight excluding hydrogens is 408 g/mol. The summed E-state index contributed by atoms with van der Waals surface area (Å²) in [4.78, 5) is 0. The SMILES string of the molecule is CCCCCCCCC1(CCCCCCCC)Cc2c(C)ccc3c2C(C1)c1cc(C)ccc1-3. The third-order valence-corrected chi connectivity index (χ3v) is 9.12.